The van der Waals surface area contributed by atoms with Gasteiger partial charge in [0.05, 0.1) is 12.4 Å². The van der Waals surface area contributed by atoms with Gasteiger partial charge in [0.15, 0.2) is 0 Å². The minimum absolute atomic E-state index is 0.0433. The number of carboxylic acids is 1. The fourth-order valence-electron chi connectivity index (χ4n) is 2.99. The number of carboxylic acid groups (broad SMARTS) is 1. The molecular weight excluding hydrogens is 450 g/mol. The quantitative estimate of drug-likeness (QED) is 0.108. The first-order chi connectivity index (χ1) is 15.6. The molecule has 4 unspecified atom stereocenters. The molecule has 0 bridgehead atoms. The topological polar surface area (TPSA) is 205 Å². The monoisotopic (exact) mass is 485 g/mol. The zero-order valence-electron chi connectivity index (χ0n) is 18.9. The smallest absolute Gasteiger partial charge is 0.326 e. The van der Waals surface area contributed by atoms with Gasteiger partial charge in [0, 0.05) is 24.1 Å². The molecule has 0 aliphatic rings. The summed E-state index contributed by atoms with van der Waals surface area (Å²) in [6, 6.07) is -4.09. The number of nitrogens with one attached hydrogen (secondary N) is 4. The number of rotatable bonds is 15. The number of aromatic amines is 1. The van der Waals surface area contributed by atoms with Crippen LogP contribution >= 0.6 is 12.6 Å². The predicted octanol–water partition coefficient (Wildman–Crippen LogP) is -1.47. The van der Waals surface area contributed by atoms with Gasteiger partial charge >= 0.3 is 5.97 Å². The van der Waals surface area contributed by atoms with Crippen molar-refractivity contribution in [1.82, 2.24) is 25.9 Å². The molecule has 4 atom stereocenters. The number of thiol groups is 1. The van der Waals surface area contributed by atoms with Crippen molar-refractivity contribution >= 4 is 36.3 Å². The van der Waals surface area contributed by atoms with Gasteiger partial charge < -0.3 is 37.5 Å². The lowest BCUT2D eigenvalue weighted by molar-refractivity contribution is -0.143. The Labute approximate surface area is 198 Å². The van der Waals surface area contributed by atoms with Crippen molar-refractivity contribution in [2.24, 2.45) is 17.4 Å². The number of hydrogen-bond acceptors (Lipinski definition) is 8. The van der Waals surface area contributed by atoms with Crippen LogP contribution in [-0.2, 0) is 25.6 Å². The van der Waals surface area contributed by atoms with Crippen LogP contribution in [0.5, 0.6) is 0 Å². The highest BCUT2D eigenvalue weighted by Crippen LogP contribution is 2.07. The molecule has 186 valence electrons. The number of nitrogens with zero attached hydrogens (tertiary/aromatic N) is 1. The van der Waals surface area contributed by atoms with E-state index in [1.165, 1.54) is 12.5 Å². The number of hydrogen-bond donors (Lipinski definition) is 8. The maximum absolute atomic E-state index is 13.0. The molecule has 33 heavy (non-hydrogen) atoms. The molecule has 3 amide bonds. The summed E-state index contributed by atoms with van der Waals surface area (Å²) in [6.45, 7) is 3.75. The number of imidazole rings is 1. The van der Waals surface area contributed by atoms with E-state index in [1.807, 2.05) is 0 Å². The SMILES string of the molecule is CC(C)C(NC(=O)C(Cc1cnc[nH]1)NC(=O)C(CCCCN)NC(=O)C(N)CS)C(=O)O. The molecule has 0 aliphatic heterocycles. The maximum atomic E-state index is 13.0. The molecule has 0 saturated heterocycles. The number of nitrogens with two attached hydrogens (primary N) is 2. The summed E-state index contributed by atoms with van der Waals surface area (Å²) in [6.07, 6.45) is 4.46. The van der Waals surface area contributed by atoms with Crippen molar-refractivity contribution < 1.29 is 24.3 Å². The molecule has 0 radical (unpaired) electrons. The third-order valence-electron chi connectivity index (χ3n) is 4.96. The van der Waals surface area contributed by atoms with Gasteiger partial charge in [-0.3, -0.25) is 14.4 Å². The molecule has 0 aromatic carbocycles. The van der Waals surface area contributed by atoms with Gasteiger partial charge in [-0.1, -0.05) is 13.8 Å². The molecule has 0 fully saturated rings. The summed E-state index contributed by atoms with van der Waals surface area (Å²) >= 11 is 4.00. The minimum atomic E-state index is -1.18. The van der Waals surface area contributed by atoms with Gasteiger partial charge in [0.25, 0.3) is 0 Å². The van der Waals surface area contributed by atoms with E-state index in [1.54, 1.807) is 13.8 Å². The second-order valence-corrected chi connectivity index (χ2v) is 8.41. The third-order valence-corrected chi connectivity index (χ3v) is 5.35. The summed E-state index contributed by atoms with van der Waals surface area (Å²) in [5.74, 6) is -3.27. The van der Waals surface area contributed by atoms with Crippen LogP contribution in [0, 0.1) is 5.92 Å². The van der Waals surface area contributed by atoms with E-state index in [4.69, 9.17) is 11.5 Å². The molecule has 1 aromatic rings. The van der Waals surface area contributed by atoms with E-state index in [9.17, 15) is 24.3 Å². The van der Waals surface area contributed by atoms with Crippen LogP contribution in [-0.4, -0.2) is 75.2 Å². The van der Waals surface area contributed by atoms with Gasteiger partial charge in [0.1, 0.15) is 18.1 Å². The Balaban J connectivity index is 3.04. The van der Waals surface area contributed by atoms with Crippen LogP contribution in [0.2, 0.25) is 0 Å². The van der Waals surface area contributed by atoms with Gasteiger partial charge in [-0.15, -0.1) is 0 Å². The van der Waals surface area contributed by atoms with E-state index in [0.29, 0.717) is 25.1 Å². The fourth-order valence-corrected chi connectivity index (χ4v) is 3.15. The Kier molecular flexibility index (Phi) is 12.5. The Morgan fingerprint density at radius 1 is 1.09 bits per heavy atom. The Hall–Kier alpha value is -2.64. The number of unbranched alkanes of at least 4 members (excludes halogenated alkanes) is 1. The third kappa shape index (κ3) is 9.80. The lowest BCUT2D eigenvalue weighted by atomic mass is 10.0. The molecule has 13 heteroatoms. The Bertz CT molecular complexity index is 775. The van der Waals surface area contributed by atoms with Gasteiger partial charge in [-0.2, -0.15) is 12.6 Å². The van der Waals surface area contributed by atoms with Crippen LogP contribution in [0.4, 0.5) is 0 Å². The van der Waals surface area contributed by atoms with Crippen molar-refractivity contribution in [1.29, 1.82) is 0 Å². The number of carbonyl (C=O) groups is 4. The maximum Gasteiger partial charge on any atom is 0.326 e. The molecule has 12 nitrogen and oxygen atoms in total. The van der Waals surface area contributed by atoms with Crippen molar-refractivity contribution in [2.45, 2.75) is 63.7 Å². The highest BCUT2D eigenvalue weighted by molar-refractivity contribution is 7.80. The molecule has 1 rings (SSSR count). The highest BCUT2D eigenvalue weighted by Gasteiger charge is 2.31. The van der Waals surface area contributed by atoms with Gasteiger partial charge in [-0.25, -0.2) is 9.78 Å². The number of aromatic nitrogens is 2. The predicted molar refractivity (Wildman–Crippen MR) is 125 cm³/mol. The van der Waals surface area contributed by atoms with Crippen molar-refractivity contribution in [2.75, 3.05) is 12.3 Å². The Morgan fingerprint density at radius 3 is 2.24 bits per heavy atom. The number of amides is 3. The zero-order chi connectivity index (χ0) is 25.0. The van der Waals surface area contributed by atoms with E-state index in [0.717, 1.165) is 0 Å². The number of aliphatic carboxylic acids is 1. The van der Waals surface area contributed by atoms with E-state index in [2.05, 4.69) is 38.5 Å². The first kappa shape index (κ1) is 28.4. The normalized spacial score (nSPS) is 14.7. The molecule has 1 heterocycles. The number of H-pyrrole nitrogens is 1. The molecule has 9 N–H and O–H groups in total. The van der Waals surface area contributed by atoms with Crippen molar-refractivity contribution in [3.63, 3.8) is 0 Å². The van der Waals surface area contributed by atoms with Gasteiger partial charge in [-0.05, 0) is 31.7 Å². The number of carbonyl (C=O) groups excluding carboxylic acids is 3. The summed E-state index contributed by atoms with van der Waals surface area (Å²) in [7, 11) is 0. The summed E-state index contributed by atoms with van der Waals surface area (Å²) in [4.78, 5) is 56.5. The van der Waals surface area contributed by atoms with E-state index in [-0.39, 0.29) is 24.5 Å². The average molecular weight is 486 g/mol. The summed E-state index contributed by atoms with van der Waals surface area (Å²) in [5, 5.41) is 17.1. The second kappa shape index (κ2) is 14.5. The van der Waals surface area contributed by atoms with Crippen molar-refractivity contribution in [3.8, 4) is 0 Å². The first-order valence-corrected chi connectivity index (χ1v) is 11.4. The largest absolute Gasteiger partial charge is 0.480 e. The van der Waals surface area contributed by atoms with Crippen LogP contribution in [0.3, 0.4) is 0 Å². The second-order valence-electron chi connectivity index (χ2n) is 8.05. The summed E-state index contributed by atoms with van der Waals surface area (Å²) in [5.41, 5.74) is 11.8. The zero-order valence-corrected chi connectivity index (χ0v) is 19.8. The lowest BCUT2D eigenvalue weighted by Crippen LogP contribution is -2.58. The lowest BCUT2D eigenvalue weighted by Gasteiger charge is -2.26. The van der Waals surface area contributed by atoms with Crippen molar-refractivity contribution in [3.05, 3.63) is 18.2 Å². The van der Waals surface area contributed by atoms with E-state index < -0.39 is 47.9 Å². The van der Waals surface area contributed by atoms with Crippen LogP contribution in [0.1, 0.15) is 38.8 Å². The molecular formula is C20H35N7O5S. The summed E-state index contributed by atoms with van der Waals surface area (Å²) < 4.78 is 0. The highest BCUT2D eigenvalue weighted by atomic mass is 32.1. The Morgan fingerprint density at radius 2 is 1.73 bits per heavy atom. The van der Waals surface area contributed by atoms with E-state index >= 15 is 0 Å². The molecule has 0 saturated carbocycles. The molecule has 1 aromatic heterocycles. The molecule has 0 spiro atoms. The standard InChI is InChI=1S/C20H35N7O5S/c1-11(2)16(20(31)32)27-19(30)15(7-12-8-23-10-24-12)26-18(29)14(5-3-4-6-21)25-17(28)13(22)9-33/h8,10-11,13-16,33H,3-7,9,21-22H2,1-2H3,(H,23,24)(H,25,28)(H,26,29)(H,27,30)(H,31,32). The van der Waals surface area contributed by atoms with Crippen LogP contribution in [0.15, 0.2) is 12.5 Å². The van der Waals surface area contributed by atoms with Crippen LogP contribution < -0.4 is 27.4 Å². The minimum Gasteiger partial charge on any atom is -0.480 e. The molecule has 0 aliphatic carbocycles. The first-order valence-electron chi connectivity index (χ1n) is 10.8. The average Bonchev–Trinajstić information content (AvgIpc) is 3.28. The van der Waals surface area contributed by atoms with Gasteiger partial charge in [0.2, 0.25) is 17.7 Å². The van der Waals surface area contributed by atoms with Crippen LogP contribution in [0.25, 0.3) is 0 Å². The fraction of sp³-hybridized carbons (Fsp3) is 0.650.